The summed E-state index contributed by atoms with van der Waals surface area (Å²) in [5.41, 5.74) is 6.43. The van der Waals surface area contributed by atoms with Crippen LogP contribution in [0.15, 0.2) is 55.5 Å². The molecule has 1 aromatic heterocycles. The average Bonchev–Trinajstić information content (AvgIpc) is 2.53. The first-order valence-corrected chi connectivity index (χ1v) is 8.46. The molecule has 0 radical (unpaired) electrons. The number of esters is 1. The third-order valence-electron chi connectivity index (χ3n) is 3.81. The van der Waals surface area contributed by atoms with Crippen LogP contribution in [0.3, 0.4) is 0 Å². The first-order valence-electron chi connectivity index (χ1n) is 7.67. The second kappa shape index (κ2) is 6.76. The van der Waals surface area contributed by atoms with Gasteiger partial charge in [0.05, 0.1) is 18.1 Å². The Morgan fingerprint density at radius 1 is 1.36 bits per heavy atom. The standard InChI is InChI=1S/C18H16BrNO5/c1-3-23-17(21)15-13(10-5-4-6-11(19)8-10)14-12(25-16(15)20)7-9(2)24-18(14)22/h4-8,13H,3,20H2,1-2H3. The molecule has 0 aliphatic carbocycles. The molecule has 7 heteroatoms. The van der Waals surface area contributed by atoms with E-state index in [2.05, 4.69) is 15.9 Å². The molecule has 2 N–H and O–H groups in total. The molecule has 25 heavy (non-hydrogen) atoms. The Labute approximate surface area is 152 Å². The quantitative estimate of drug-likeness (QED) is 0.789. The average molecular weight is 406 g/mol. The van der Waals surface area contributed by atoms with Crippen molar-refractivity contribution in [3.05, 3.63) is 73.6 Å². The molecule has 0 spiro atoms. The van der Waals surface area contributed by atoms with Crippen LogP contribution in [0.25, 0.3) is 0 Å². The predicted octanol–water partition coefficient (Wildman–Crippen LogP) is 2.97. The van der Waals surface area contributed by atoms with Crippen molar-refractivity contribution in [1.29, 1.82) is 0 Å². The summed E-state index contributed by atoms with van der Waals surface area (Å²) in [5, 5.41) is 0. The van der Waals surface area contributed by atoms with E-state index in [0.29, 0.717) is 11.3 Å². The molecule has 2 aromatic rings. The highest BCUT2D eigenvalue weighted by Gasteiger charge is 2.38. The first kappa shape index (κ1) is 17.3. The zero-order valence-electron chi connectivity index (χ0n) is 13.7. The SMILES string of the molecule is CCOC(=O)C1=C(N)Oc2cc(C)oc(=O)c2C1c1cccc(Br)c1. The maximum absolute atomic E-state index is 12.5. The molecule has 1 atom stereocenters. The van der Waals surface area contributed by atoms with Crippen molar-refractivity contribution in [3.8, 4) is 5.75 Å². The van der Waals surface area contributed by atoms with E-state index in [-0.39, 0.29) is 29.4 Å². The maximum atomic E-state index is 12.5. The van der Waals surface area contributed by atoms with E-state index in [9.17, 15) is 9.59 Å². The molecule has 1 unspecified atom stereocenters. The molecular formula is C18H16BrNO5. The van der Waals surface area contributed by atoms with Gasteiger partial charge in [0.1, 0.15) is 17.1 Å². The van der Waals surface area contributed by atoms with Crippen LogP contribution in [0.2, 0.25) is 0 Å². The Balaban J connectivity index is 2.28. The lowest BCUT2D eigenvalue weighted by Crippen LogP contribution is -2.31. The lowest BCUT2D eigenvalue weighted by molar-refractivity contribution is -0.139. The maximum Gasteiger partial charge on any atom is 0.343 e. The van der Waals surface area contributed by atoms with E-state index in [1.54, 1.807) is 26.0 Å². The number of benzene rings is 1. The van der Waals surface area contributed by atoms with Crippen molar-refractivity contribution in [2.24, 2.45) is 5.73 Å². The highest BCUT2D eigenvalue weighted by Crippen LogP contribution is 2.41. The topological polar surface area (TPSA) is 91.8 Å². The van der Waals surface area contributed by atoms with Gasteiger partial charge in [-0.15, -0.1) is 0 Å². The van der Waals surface area contributed by atoms with E-state index in [1.807, 2.05) is 18.2 Å². The van der Waals surface area contributed by atoms with Gasteiger partial charge in [0, 0.05) is 10.5 Å². The summed E-state index contributed by atoms with van der Waals surface area (Å²) < 4.78 is 16.7. The normalized spacial score (nSPS) is 16.2. The zero-order chi connectivity index (χ0) is 18.1. The smallest absolute Gasteiger partial charge is 0.343 e. The first-order chi connectivity index (χ1) is 11.9. The minimum Gasteiger partial charge on any atom is -0.462 e. The van der Waals surface area contributed by atoms with Crippen LogP contribution in [-0.4, -0.2) is 12.6 Å². The second-order valence-corrected chi connectivity index (χ2v) is 6.43. The second-order valence-electron chi connectivity index (χ2n) is 5.51. The van der Waals surface area contributed by atoms with Gasteiger partial charge in [-0.05, 0) is 31.5 Å². The van der Waals surface area contributed by atoms with Gasteiger partial charge in [-0.25, -0.2) is 9.59 Å². The molecule has 0 fully saturated rings. The number of halogens is 1. The third-order valence-corrected chi connectivity index (χ3v) is 4.31. The van der Waals surface area contributed by atoms with Gasteiger partial charge in [-0.2, -0.15) is 0 Å². The highest BCUT2D eigenvalue weighted by atomic mass is 79.9. The number of carbonyl (C=O) groups is 1. The Morgan fingerprint density at radius 2 is 2.12 bits per heavy atom. The molecule has 6 nitrogen and oxygen atoms in total. The van der Waals surface area contributed by atoms with Crippen molar-refractivity contribution in [2.45, 2.75) is 19.8 Å². The predicted molar refractivity (Wildman–Crippen MR) is 94.2 cm³/mol. The Hall–Kier alpha value is -2.54. The Kier molecular flexibility index (Phi) is 4.67. The number of rotatable bonds is 3. The molecule has 1 aliphatic heterocycles. The summed E-state index contributed by atoms with van der Waals surface area (Å²) in [7, 11) is 0. The molecule has 1 aliphatic rings. The Bertz CT molecular complexity index is 931. The molecule has 130 valence electrons. The number of aryl methyl sites for hydroxylation is 1. The van der Waals surface area contributed by atoms with Gasteiger partial charge in [-0.1, -0.05) is 28.1 Å². The summed E-state index contributed by atoms with van der Waals surface area (Å²) in [6.07, 6.45) is 0. The van der Waals surface area contributed by atoms with Crippen molar-refractivity contribution < 1.29 is 18.7 Å². The fourth-order valence-electron chi connectivity index (χ4n) is 2.84. The van der Waals surface area contributed by atoms with Crippen molar-refractivity contribution in [2.75, 3.05) is 6.61 Å². The van der Waals surface area contributed by atoms with Crippen LogP contribution >= 0.6 is 15.9 Å². The van der Waals surface area contributed by atoms with Crippen LogP contribution in [0.4, 0.5) is 0 Å². The minimum atomic E-state index is -0.739. The van der Waals surface area contributed by atoms with Crippen LogP contribution in [0.1, 0.15) is 29.7 Å². The van der Waals surface area contributed by atoms with Gasteiger partial charge < -0.3 is 19.6 Å². The van der Waals surface area contributed by atoms with E-state index >= 15 is 0 Å². The summed E-state index contributed by atoms with van der Waals surface area (Å²) in [6, 6.07) is 8.85. The lowest BCUT2D eigenvalue weighted by Gasteiger charge is -2.27. The number of ether oxygens (including phenoxy) is 2. The molecule has 2 heterocycles. The summed E-state index contributed by atoms with van der Waals surface area (Å²) in [6.45, 7) is 3.51. The largest absolute Gasteiger partial charge is 0.462 e. The molecule has 0 bridgehead atoms. The minimum absolute atomic E-state index is 0.0825. The molecule has 0 saturated heterocycles. The number of hydrogen-bond donors (Lipinski definition) is 1. The third kappa shape index (κ3) is 3.19. The van der Waals surface area contributed by atoms with Crippen molar-refractivity contribution in [3.63, 3.8) is 0 Å². The van der Waals surface area contributed by atoms with Crippen LogP contribution in [0, 0.1) is 6.92 Å². The van der Waals surface area contributed by atoms with Gasteiger partial charge in [-0.3, -0.25) is 0 Å². The summed E-state index contributed by atoms with van der Waals surface area (Å²) in [5.74, 6) is -0.776. The molecule has 3 rings (SSSR count). The van der Waals surface area contributed by atoms with Gasteiger partial charge in [0.25, 0.3) is 0 Å². The highest BCUT2D eigenvalue weighted by molar-refractivity contribution is 9.10. The molecular weight excluding hydrogens is 390 g/mol. The van der Waals surface area contributed by atoms with Gasteiger partial charge in [0.2, 0.25) is 5.88 Å². The number of nitrogens with two attached hydrogens (primary N) is 1. The Morgan fingerprint density at radius 3 is 2.80 bits per heavy atom. The number of fused-ring (bicyclic) bond motifs is 1. The van der Waals surface area contributed by atoms with Crippen molar-refractivity contribution in [1.82, 2.24) is 0 Å². The van der Waals surface area contributed by atoms with Crippen LogP contribution in [0.5, 0.6) is 5.75 Å². The fraction of sp³-hybridized carbons (Fsp3) is 0.222. The van der Waals surface area contributed by atoms with E-state index in [1.165, 1.54) is 0 Å². The molecule has 1 aromatic carbocycles. The number of hydrogen-bond acceptors (Lipinski definition) is 6. The van der Waals surface area contributed by atoms with Gasteiger partial charge >= 0.3 is 11.6 Å². The lowest BCUT2D eigenvalue weighted by atomic mass is 9.84. The monoisotopic (exact) mass is 405 g/mol. The molecule has 0 amide bonds. The van der Waals surface area contributed by atoms with E-state index in [0.717, 1.165) is 4.47 Å². The summed E-state index contributed by atoms with van der Waals surface area (Å²) in [4.78, 5) is 25.0. The molecule has 0 saturated carbocycles. The van der Waals surface area contributed by atoms with Gasteiger partial charge in [0.15, 0.2) is 0 Å². The van der Waals surface area contributed by atoms with E-state index in [4.69, 9.17) is 19.6 Å². The number of carbonyl (C=O) groups excluding carboxylic acids is 1. The summed E-state index contributed by atoms with van der Waals surface area (Å²) >= 11 is 3.41. The fourth-order valence-corrected chi connectivity index (χ4v) is 3.26. The van der Waals surface area contributed by atoms with Crippen LogP contribution in [-0.2, 0) is 9.53 Å². The zero-order valence-corrected chi connectivity index (χ0v) is 15.3. The van der Waals surface area contributed by atoms with Crippen LogP contribution < -0.4 is 16.1 Å². The van der Waals surface area contributed by atoms with Crippen molar-refractivity contribution >= 4 is 21.9 Å². The van der Waals surface area contributed by atoms with E-state index < -0.39 is 17.5 Å².